The molecule has 0 radical (unpaired) electrons. The first-order chi connectivity index (χ1) is 13.5. The van der Waals surface area contributed by atoms with E-state index in [4.69, 9.17) is 9.26 Å². The van der Waals surface area contributed by atoms with Crippen LogP contribution in [0.3, 0.4) is 0 Å². The van der Waals surface area contributed by atoms with E-state index < -0.39 is 0 Å². The number of hydrogen-bond acceptors (Lipinski definition) is 5. The SMILES string of the molecule is Cc1cc(C(=O)NC2CCN(C(=O)CCCOc3ccccc3C)CC2)no1. The standard InChI is InChI=1S/C21H27N3O4/c1-15-6-3-4-7-19(15)27-13-5-8-20(25)24-11-9-17(10-12-24)22-21(26)18-14-16(2)28-23-18/h3-4,6-7,14,17H,5,8-13H2,1-2H3,(H,22,26). The van der Waals surface area contributed by atoms with Crippen LogP contribution in [-0.2, 0) is 4.79 Å². The summed E-state index contributed by atoms with van der Waals surface area (Å²) in [6, 6.07) is 9.54. The second-order valence-corrected chi connectivity index (χ2v) is 7.17. The van der Waals surface area contributed by atoms with Crippen LogP contribution < -0.4 is 10.1 Å². The van der Waals surface area contributed by atoms with Crippen molar-refractivity contribution in [3.63, 3.8) is 0 Å². The molecule has 0 bridgehead atoms. The zero-order valence-electron chi connectivity index (χ0n) is 16.4. The molecule has 1 aromatic heterocycles. The number of aromatic nitrogens is 1. The third-order valence-corrected chi connectivity index (χ3v) is 4.93. The molecule has 0 aliphatic carbocycles. The Kier molecular flexibility index (Phi) is 6.68. The topological polar surface area (TPSA) is 84.7 Å². The highest BCUT2D eigenvalue weighted by molar-refractivity contribution is 5.92. The first-order valence-electron chi connectivity index (χ1n) is 9.73. The van der Waals surface area contributed by atoms with Crippen molar-refractivity contribution < 1.29 is 18.8 Å². The summed E-state index contributed by atoms with van der Waals surface area (Å²) in [4.78, 5) is 26.4. The lowest BCUT2D eigenvalue weighted by Crippen LogP contribution is -2.46. The van der Waals surface area contributed by atoms with Gasteiger partial charge < -0.3 is 19.5 Å². The molecule has 2 amide bonds. The smallest absolute Gasteiger partial charge is 0.273 e. The van der Waals surface area contributed by atoms with Gasteiger partial charge >= 0.3 is 0 Å². The summed E-state index contributed by atoms with van der Waals surface area (Å²) in [6.07, 6.45) is 2.65. The lowest BCUT2D eigenvalue weighted by atomic mass is 10.0. The van der Waals surface area contributed by atoms with E-state index in [-0.39, 0.29) is 17.9 Å². The minimum absolute atomic E-state index is 0.0537. The normalized spacial score (nSPS) is 14.7. The number of benzene rings is 1. The van der Waals surface area contributed by atoms with Gasteiger partial charge in [-0.2, -0.15) is 0 Å². The number of aryl methyl sites for hydroxylation is 2. The second kappa shape index (κ2) is 9.39. The zero-order chi connectivity index (χ0) is 19.9. The third kappa shape index (κ3) is 5.34. The number of rotatable bonds is 7. The Morgan fingerprint density at radius 1 is 1.25 bits per heavy atom. The highest BCUT2D eigenvalue weighted by Gasteiger charge is 2.24. The molecular weight excluding hydrogens is 358 g/mol. The molecule has 150 valence electrons. The summed E-state index contributed by atoms with van der Waals surface area (Å²) < 4.78 is 10.7. The number of ether oxygens (including phenoxy) is 1. The maximum atomic E-state index is 12.4. The second-order valence-electron chi connectivity index (χ2n) is 7.17. The molecule has 2 aromatic rings. The van der Waals surface area contributed by atoms with Crippen LogP contribution in [0.5, 0.6) is 5.75 Å². The highest BCUT2D eigenvalue weighted by atomic mass is 16.5. The summed E-state index contributed by atoms with van der Waals surface area (Å²) in [7, 11) is 0. The molecule has 1 saturated heterocycles. The van der Waals surface area contributed by atoms with Crippen molar-refractivity contribution in [2.24, 2.45) is 0 Å². The molecule has 7 heteroatoms. The van der Waals surface area contributed by atoms with Crippen LogP contribution in [0.25, 0.3) is 0 Å². The molecule has 0 spiro atoms. The Hall–Kier alpha value is -2.83. The number of likely N-dealkylation sites (tertiary alicyclic amines) is 1. The van der Waals surface area contributed by atoms with Crippen molar-refractivity contribution >= 4 is 11.8 Å². The fraction of sp³-hybridized carbons (Fsp3) is 0.476. The van der Waals surface area contributed by atoms with E-state index in [0.717, 1.165) is 24.2 Å². The van der Waals surface area contributed by atoms with Gasteiger partial charge in [-0.25, -0.2) is 0 Å². The number of nitrogens with one attached hydrogen (secondary N) is 1. The van der Waals surface area contributed by atoms with Gasteiger partial charge in [-0.15, -0.1) is 0 Å². The Balaban J connectivity index is 1.34. The Bertz CT molecular complexity index is 809. The summed E-state index contributed by atoms with van der Waals surface area (Å²) in [5.74, 6) is 1.39. The monoisotopic (exact) mass is 385 g/mol. The number of nitrogens with zero attached hydrogens (tertiary/aromatic N) is 2. The lowest BCUT2D eigenvalue weighted by molar-refractivity contribution is -0.132. The van der Waals surface area contributed by atoms with E-state index in [9.17, 15) is 9.59 Å². The summed E-state index contributed by atoms with van der Waals surface area (Å²) in [6.45, 7) is 5.59. The van der Waals surface area contributed by atoms with E-state index in [1.807, 2.05) is 36.1 Å². The van der Waals surface area contributed by atoms with Gasteiger partial charge in [0, 0.05) is 31.6 Å². The zero-order valence-corrected chi connectivity index (χ0v) is 16.4. The number of piperidine rings is 1. The van der Waals surface area contributed by atoms with Gasteiger partial charge in [-0.05, 0) is 44.7 Å². The number of para-hydroxylation sites is 1. The van der Waals surface area contributed by atoms with Gasteiger partial charge in [-0.3, -0.25) is 9.59 Å². The van der Waals surface area contributed by atoms with Gasteiger partial charge in [0.1, 0.15) is 11.5 Å². The fourth-order valence-electron chi connectivity index (χ4n) is 3.29. The molecule has 1 aliphatic heterocycles. The van der Waals surface area contributed by atoms with Crippen molar-refractivity contribution in [2.45, 2.75) is 45.6 Å². The molecule has 2 heterocycles. The van der Waals surface area contributed by atoms with Gasteiger partial charge in [0.15, 0.2) is 5.69 Å². The molecule has 1 fully saturated rings. The minimum Gasteiger partial charge on any atom is -0.493 e. The maximum Gasteiger partial charge on any atom is 0.273 e. The third-order valence-electron chi connectivity index (χ3n) is 4.93. The van der Waals surface area contributed by atoms with E-state index in [0.29, 0.717) is 44.0 Å². The summed E-state index contributed by atoms with van der Waals surface area (Å²) in [5.41, 5.74) is 1.39. The Morgan fingerprint density at radius 3 is 2.68 bits per heavy atom. The first-order valence-corrected chi connectivity index (χ1v) is 9.73. The van der Waals surface area contributed by atoms with E-state index in [1.165, 1.54) is 0 Å². The van der Waals surface area contributed by atoms with Crippen LogP contribution in [0.4, 0.5) is 0 Å². The van der Waals surface area contributed by atoms with Crippen LogP contribution in [0.2, 0.25) is 0 Å². The van der Waals surface area contributed by atoms with Gasteiger partial charge in [0.25, 0.3) is 5.91 Å². The summed E-state index contributed by atoms with van der Waals surface area (Å²) >= 11 is 0. The Morgan fingerprint density at radius 2 is 2.00 bits per heavy atom. The van der Waals surface area contributed by atoms with Gasteiger partial charge in [-0.1, -0.05) is 23.4 Å². The van der Waals surface area contributed by atoms with Crippen molar-refractivity contribution in [1.29, 1.82) is 0 Å². The minimum atomic E-state index is -0.227. The molecular formula is C21H27N3O4. The predicted molar refractivity (Wildman–Crippen MR) is 104 cm³/mol. The number of hydrogen-bond donors (Lipinski definition) is 1. The van der Waals surface area contributed by atoms with E-state index >= 15 is 0 Å². The van der Waals surface area contributed by atoms with Crippen LogP contribution in [0, 0.1) is 13.8 Å². The van der Waals surface area contributed by atoms with Gasteiger partial charge in [0.05, 0.1) is 6.61 Å². The van der Waals surface area contributed by atoms with Crippen molar-refractivity contribution in [3.05, 3.63) is 47.3 Å². The molecule has 0 unspecified atom stereocenters. The van der Waals surface area contributed by atoms with Crippen molar-refractivity contribution in [3.8, 4) is 5.75 Å². The maximum absolute atomic E-state index is 12.4. The quantitative estimate of drug-likeness (QED) is 0.741. The summed E-state index contributed by atoms with van der Waals surface area (Å²) in [5, 5.41) is 6.69. The van der Waals surface area contributed by atoms with Gasteiger partial charge in [0.2, 0.25) is 5.91 Å². The molecule has 0 saturated carbocycles. The van der Waals surface area contributed by atoms with Crippen LogP contribution >= 0.6 is 0 Å². The molecule has 1 aromatic carbocycles. The first kappa shape index (κ1) is 19.9. The fourth-order valence-corrected chi connectivity index (χ4v) is 3.29. The lowest BCUT2D eigenvalue weighted by Gasteiger charge is -2.32. The molecule has 28 heavy (non-hydrogen) atoms. The van der Waals surface area contributed by atoms with Crippen LogP contribution in [0.1, 0.15) is 47.5 Å². The molecule has 0 atom stereocenters. The van der Waals surface area contributed by atoms with Crippen LogP contribution in [-0.4, -0.2) is 47.6 Å². The molecule has 1 N–H and O–H groups in total. The predicted octanol–water partition coefficient (Wildman–Crippen LogP) is 2.87. The van der Waals surface area contributed by atoms with Crippen molar-refractivity contribution in [2.75, 3.05) is 19.7 Å². The molecule has 3 rings (SSSR count). The average Bonchev–Trinajstić information content (AvgIpc) is 3.13. The molecule has 7 nitrogen and oxygen atoms in total. The number of carbonyl (C=O) groups is 2. The number of carbonyl (C=O) groups excluding carboxylic acids is 2. The average molecular weight is 385 g/mol. The Labute approximate surface area is 165 Å². The van der Waals surface area contributed by atoms with E-state index in [2.05, 4.69) is 10.5 Å². The van der Waals surface area contributed by atoms with Crippen molar-refractivity contribution in [1.82, 2.24) is 15.4 Å². The molecule has 1 aliphatic rings. The van der Waals surface area contributed by atoms with E-state index in [1.54, 1.807) is 13.0 Å². The van der Waals surface area contributed by atoms with Crippen LogP contribution in [0.15, 0.2) is 34.9 Å². The highest BCUT2D eigenvalue weighted by Crippen LogP contribution is 2.17. The number of amides is 2. The largest absolute Gasteiger partial charge is 0.493 e.